The van der Waals surface area contributed by atoms with Crippen LogP contribution in [0.5, 0.6) is 5.75 Å². The van der Waals surface area contributed by atoms with Gasteiger partial charge in [-0.1, -0.05) is 22.9 Å². The number of rotatable bonds is 4. The van der Waals surface area contributed by atoms with Gasteiger partial charge in [0.1, 0.15) is 17.7 Å². The van der Waals surface area contributed by atoms with Crippen LogP contribution in [0.1, 0.15) is 31.7 Å². The first-order valence-corrected chi connectivity index (χ1v) is 6.69. The molecule has 1 aromatic carbocycles. The standard InChI is InChI=1S/C13H16BrFO/c1-2-10(14)3-5-12-8-9-7-11(15)4-6-13(9)16-12/h4,6-7,10,12H,2-3,5,8H2,1H3. The van der Waals surface area contributed by atoms with Gasteiger partial charge < -0.3 is 4.74 Å². The molecule has 3 heteroatoms. The van der Waals surface area contributed by atoms with E-state index in [0.29, 0.717) is 4.83 Å². The van der Waals surface area contributed by atoms with E-state index in [9.17, 15) is 4.39 Å². The third-order valence-corrected chi connectivity index (χ3v) is 4.11. The second-order valence-corrected chi connectivity index (χ2v) is 5.57. The van der Waals surface area contributed by atoms with Crippen LogP contribution in [0.2, 0.25) is 0 Å². The molecule has 1 aliphatic rings. The fraction of sp³-hybridized carbons (Fsp3) is 0.538. The van der Waals surface area contributed by atoms with Crippen LogP contribution in [0.4, 0.5) is 4.39 Å². The predicted octanol–water partition coefficient (Wildman–Crippen LogP) is 4.08. The van der Waals surface area contributed by atoms with Gasteiger partial charge in [-0.15, -0.1) is 0 Å². The second-order valence-electron chi connectivity index (χ2n) is 4.28. The van der Waals surface area contributed by atoms with E-state index in [1.54, 1.807) is 12.1 Å². The van der Waals surface area contributed by atoms with Gasteiger partial charge in [-0.05, 0) is 37.5 Å². The summed E-state index contributed by atoms with van der Waals surface area (Å²) in [4.78, 5) is 0.566. The minimum Gasteiger partial charge on any atom is -0.490 e. The third kappa shape index (κ3) is 2.76. The topological polar surface area (TPSA) is 9.23 Å². The predicted molar refractivity (Wildman–Crippen MR) is 66.8 cm³/mol. The Morgan fingerprint density at radius 1 is 1.56 bits per heavy atom. The molecular weight excluding hydrogens is 271 g/mol. The maximum absolute atomic E-state index is 13.0. The van der Waals surface area contributed by atoms with E-state index in [2.05, 4.69) is 22.9 Å². The Kier molecular flexibility index (Phi) is 3.85. The Balaban J connectivity index is 1.90. The lowest BCUT2D eigenvalue weighted by atomic mass is 10.1. The largest absolute Gasteiger partial charge is 0.490 e. The lowest BCUT2D eigenvalue weighted by Gasteiger charge is -2.12. The van der Waals surface area contributed by atoms with Gasteiger partial charge >= 0.3 is 0 Å². The normalized spacial score (nSPS) is 20.3. The molecule has 0 saturated heterocycles. The highest BCUT2D eigenvalue weighted by atomic mass is 79.9. The first kappa shape index (κ1) is 11.9. The van der Waals surface area contributed by atoms with Gasteiger partial charge in [-0.3, -0.25) is 0 Å². The van der Waals surface area contributed by atoms with Gasteiger partial charge in [0.2, 0.25) is 0 Å². The second kappa shape index (κ2) is 5.17. The highest BCUT2D eigenvalue weighted by Crippen LogP contribution is 2.31. The number of fused-ring (bicyclic) bond motifs is 1. The molecule has 0 radical (unpaired) electrons. The van der Waals surface area contributed by atoms with Gasteiger partial charge in [0, 0.05) is 16.8 Å². The molecule has 0 spiro atoms. The smallest absolute Gasteiger partial charge is 0.123 e. The Morgan fingerprint density at radius 3 is 3.12 bits per heavy atom. The molecule has 0 saturated carbocycles. The lowest BCUT2D eigenvalue weighted by Crippen LogP contribution is -2.14. The highest BCUT2D eigenvalue weighted by molar-refractivity contribution is 9.09. The fourth-order valence-electron chi connectivity index (χ4n) is 2.02. The Hall–Kier alpha value is -0.570. The van der Waals surface area contributed by atoms with Crippen molar-refractivity contribution >= 4 is 15.9 Å². The molecule has 88 valence electrons. The molecule has 2 rings (SSSR count). The molecule has 1 aromatic rings. The van der Waals surface area contributed by atoms with E-state index in [-0.39, 0.29) is 11.9 Å². The minimum absolute atomic E-state index is 0.171. The summed E-state index contributed by atoms with van der Waals surface area (Å²) >= 11 is 3.62. The van der Waals surface area contributed by atoms with Crippen molar-refractivity contribution in [3.8, 4) is 5.75 Å². The van der Waals surface area contributed by atoms with Crippen molar-refractivity contribution in [1.29, 1.82) is 0 Å². The fourth-order valence-corrected chi connectivity index (χ4v) is 2.29. The zero-order valence-corrected chi connectivity index (χ0v) is 11.0. The zero-order chi connectivity index (χ0) is 11.5. The molecule has 0 bridgehead atoms. The van der Waals surface area contributed by atoms with Crippen LogP contribution in [0.15, 0.2) is 18.2 Å². The quantitative estimate of drug-likeness (QED) is 0.758. The number of hydrogen-bond donors (Lipinski definition) is 0. The van der Waals surface area contributed by atoms with Crippen LogP contribution in [-0.4, -0.2) is 10.9 Å². The molecule has 16 heavy (non-hydrogen) atoms. The average molecular weight is 287 g/mol. The molecule has 0 amide bonds. The summed E-state index contributed by atoms with van der Waals surface area (Å²) in [5, 5.41) is 0. The SMILES string of the molecule is CCC(Br)CCC1Cc2cc(F)ccc2O1. The summed E-state index contributed by atoms with van der Waals surface area (Å²) in [6.07, 6.45) is 4.34. The monoisotopic (exact) mass is 286 g/mol. The summed E-state index contributed by atoms with van der Waals surface area (Å²) in [6, 6.07) is 4.78. The van der Waals surface area contributed by atoms with Crippen molar-refractivity contribution in [1.82, 2.24) is 0 Å². The number of halogens is 2. The van der Waals surface area contributed by atoms with E-state index in [0.717, 1.165) is 37.0 Å². The molecule has 0 fully saturated rings. The molecule has 0 N–H and O–H groups in total. The van der Waals surface area contributed by atoms with Crippen molar-refractivity contribution in [2.75, 3.05) is 0 Å². The van der Waals surface area contributed by atoms with E-state index in [1.807, 2.05) is 0 Å². The summed E-state index contributed by atoms with van der Waals surface area (Å²) in [7, 11) is 0. The van der Waals surface area contributed by atoms with Crippen molar-refractivity contribution in [3.63, 3.8) is 0 Å². The number of benzene rings is 1. The van der Waals surface area contributed by atoms with E-state index < -0.39 is 0 Å². The molecule has 1 nitrogen and oxygen atoms in total. The first-order valence-electron chi connectivity index (χ1n) is 5.78. The number of hydrogen-bond acceptors (Lipinski definition) is 1. The summed E-state index contributed by atoms with van der Waals surface area (Å²) in [6.45, 7) is 2.17. The van der Waals surface area contributed by atoms with E-state index in [4.69, 9.17) is 4.74 Å². The molecule has 2 unspecified atom stereocenters. The maximum atomic E-state index is 13.0. The van der Waals surface area contributed by atoms with Crippen molar-refractivity contribution in [2.45, 2.75) is 43.5 Å². The van der Waals surface area contributed by atoms with Gasteiger partial charge in [0.15, 0.2) is 0 Å². The average Bonchev–Trinajstić information content (AvgIpc) is 2.67. The first-order chi connectivity index (χ1) is 7.69. The van der Waals surface area contributed by atoms with E-state index >= 15 is 0 Å². The van der Waals surface area contributed by atoms with Crippen LogP contribution in [0.3, 0.4) is 0 Å². The summed E-state index contributed by atoms with van der Waals surface area (Å²) < 4.78 is 18.8. The molecular formula is C13H16BrFO. The number of ether oxygens (including phenoxy) is 1. The summed E-state index contributed by atoms with van der Waals surface area (Å²) in [5.41, 5.74) is 1.01. The van der Waals surface area contributed by atoms with Crippen molar-refractivity contribution < 1.29 is 9.13 Å². The van der Waals surface area contributed by atoms with Crippen molar-refractivity contribution in [3.05, 3.63) is 29.6 Å². The van der Waals surface area contributed by atoms with Gasteiger partial charge in [-0.25, -0.2) is 4.39 Å². The maximum Gasteiger partial charge on any atom is 0.123 e. The Bertz CT molecular complexity index is 367. The molecule has 0 aromatic heterocycles. The number of alkyl halides is 1. The summed E-state index contributed by atoms with van der Waals surface area (Å²) in [5.74, 6) is 0.684. The molecule has 1 heterocycles. The van der Waals surface area contributed by atoms with Gasteiger partial charge in [0.05, 0.1) is 0 Å². The van der Waals surface area contributed by atoms with Gasteiger partial charge in [0.25, 0.3) is 0 Å². The van der Waals surface area contributed by atoms with Crippen LogP contribution in [0, 0.1) is 5.82 Å². The minimum atomic E-state index is -0.171. The van der Waals surface area contributed by atoms with Crippen LogP contribution >= 0.6 is 15.9 Å². The third-order valence-electron chi connectivity index (χ3n) is 3.01. The molecule has 2 atom stereocenters. The van der Waals surface area contributed by atoms with E-state index in [1.165, 1.54) is 6.07 Å². The van der Waals surface area contributed by atoms with Crippen LogP contribution in [-0.2, 0) is 6.42 Å². The molecule has 0 aliphatic carbocycles. The Labute approximate surface area is 104 Å². The highest BCUT2D eigenvalue weighted by Gasteiger charge is 2.23. The van der Waals surface area contributed by atoms with Crippen molar-refractivity contribution in [2.24, 2.45) is 0 Å². The van der Waals surface area contributed by atoms with Gasteiger partial charge in [-0.2, -0.15) is 0 Å². The Morgan fingerprint density at radius 2 is 2.38 bits per heavy atom. The lowest BCUT2D eigenvalue weighted by molar-refractivity contribution is 0.217. The van der Waals surface area contributed by atoms with Crippen LogP contribution < -0.4 is 4.74 Å². The van der Waals surface area contributed by atoms with Crippen LogP contribution in [0.25, 0.3) is 0 Å². The zero-order valence-electron chi connectivity index (χ0n) is 9.38. The molecule has 1 aliphatic heterocycles.